The van der Waals surface area contributed by atoms with Gasteiger partial charge in [0, 0.05) is 19.2 Å². The standard InChI is InChI=1S/C12H23NO/c1-10-2-4-12(5-3-10)13-8-11-6-7-14-9-11/h10-13H,2-9H2,1H3. The van der Waals surface area contributed by atoms with Crippen LogP contribution in [0.4, 0.5) is 0 Å². The lowest BCUT2D eigenvalue weighted by atomic mass is 9.87. The Hall–Kier alpha value is -0.0800. The van der Waals surface area contributed by atoms with E-state index in [4.69, 9.17) is 4.74 Å². The minimum Gasteiger partial charge on any atom is -0.381 e. The van der Waals surface area contributed by atoms with E-state index in [-0.39, 0.29) is 0 Å². The fourth-order valence-electron chi connectivity index (χ4n) is 2.54. The van der Waals surface area contributed by atoms with E-state index in [1.54, 1.807) is 0 Å². The van der Waals surface area contributed by atoms with Gasteiger partial charge in [-0.15, -0.1) is 0 Å². The van der Waals surface area contributed by atoms with E-state index in [2.05, 4.69) is 12.2 Å². The van der Waals surface area contributed by atoms with E-state index in [1.165, 1.54) is 38.6 Å². The summed E-state index contributed by atoms with van der Waals surface area (Å²) in [6, 6.07) is 0.798. The summed E-state index contributed by atoms with van der Waals surface area (Å²) >= 11 is 0. The van der Waals surface area contributed by atoms with Gasteiger partial charge in [-0.25, -0.2) is 0 Å². The number of nitrogens with one attached hydrogen (secondary N) is 1. The molecule has 14 heavy (non-hydrogen) atoms. The van der Waals surface area contributed by atoms with Crippen LogP contribution in [0.2, 0.25) is 0 Å². The van der Waals surface area contributed by atoms with Crippen molar-refractivity contribution in [3.8, 4) is 0 Å². The Labute approximate surface area is 87.4 Å². The SMILES string of the molecule is CC1CCC(NCC2CCOC2)CC1. The molecule has 82 valence electrons. The molecule has 2 aliphatic rings. The maximum atomic E-state index is 5.37. The molecule has 0 bridgehead atoms. The van der Waals surface area contributed by atoms with Crippen molar-refractivity contribution in [3.05, 3.63) is 0 Å². The van der Waals surface area contributed by atoms with Gasteiger partial charge in [-0.2, -0.15) is 0 Å². The first-order valence-corrected chi connectivity index (χ1v) is 6.15. The zero-order chi connectivity index (χ0) is 9.80. The topological polar surface area (TPSA) is 21.3 Å². The van der Waals surface area contributed by atoms with Gasteiger partial charge >= 0.3 is 0 Å². The van der Waals surface area contributed by atoms with Crippen LogP contribution in [-0.4, -0.2) is 25.8 Å². The fourth-order valence-corrected chi connectivity index (χ4v) is 2.54. The van der Waals surface area contributed by atoms with E-state index in [1.807, 2.05) is 0 Å². The highest BCUT2D eigenvalue weighted by molar-refractivity contribution is 4.77. The Balaban J connectivity index is 1.60. The van der Waals surface area contributed by atoms with Gasteiger partial charge in [0.05, 0.1) is 6.61 Å². The number of hydrogen-bond donors (Lipinski definition) is 1. The summed E-state index contributed by atoms with van der Waals surface area (Å²) in [4.78, 5) is 0. The third-order valence-corrected chi connectivity index (χ3v) is 3.74. The fraction of sp³-hybridized carbons (Fsp3) is 1.00. The second-order valence-corrected chi connectivity index (χ2v) is 5.09. The first kappa shape index (κ1) is 10.4. The number of hydrogen-bond acceptors (Lipinski definition) is 2. The maximum Gasteiger partial charge on any atom is 0.0507 e. The predicted octanol–water partition coefficient (Wildman–Crippen LogP) is 2.19. The van der Waals surface area contributed by atoms with Gasteiger partial charge in [0.15, 0.2) is 0 Å². The van der Waals surface area contributed by atoms with E-state index in [0.717, 1.165) is 31.1 Å². The predicted molar refractivity (Wildman–Crippen MR) is 58.3 cm³/mol. The van der Waals surface area contributed by atoms with E-state index < -0.39 is 0 Å². The first-order chi connectivity index (χ1) is 6.84. The molecule has 1 unspecified atom stereocenters. The van der Waals surface area contributed by atoms with Gasteiger partial charge in [0.25, 0.3) is 0 Å². The van der Waals surface area contributed by atoms with Crippen LogP contribution in [0.25, 0.3) is 0 Å². The van der Waals surface area contributed by atoms with E-state index in [9.17, 15) is 0 Å². The van der Waals surface area contributed by atoms with E-state index in [0.29, 0.717) is 0 Å². The van der Waals surface area contributed by atoms with Crippen molar-refractivity contribution in [1.82, 2.24) is 5.32 Å². The molecule has 1 N–H and O–H groups in total. The molecule has 1 saturated heterocycles. The highest BCUT2D eigenvalue weighted by Crippen LogP contribution is 2.23. The molecule has 0 radical (unpaired) electrons. The van der Waals surface area contributed by atoms with Crippen molar-refractivity contribution >= 4 is 0 Å². The average Bonchev–Trinajstić information content (AvgIpc) is 2.70. The lowest BCUT2D eigenvalue weighted by molar-refractivity contribution is 0.183. The zero-order valence-electron chi connectivity index (χ0n) is 9.30. The Morgan fingerprint density at radius 1 is 1.14 bits per heavy atom. The molecule has 0 aromatic carbocycles. The Kier molecular flexibility index (Phi) is 3.82. The monoisotopic (exact) mass is 197 g/mol. The lowest BCUT2D eigenvalue weighted by Crippen LogP contribution is -2.36. The van der Waals surface area contributed by atoms with Gasteiger partial charge < -0.3 is 10.1 Å². The van der Waals surface area contributed by atoms with Gasteiger partial charge in [-0.1, -0.05) is 6.92 Å². The van der Waals surface area contributed by atoms with Crippen molar-refractivity contribution in [3.63, 3.8) is 0 Å². The molecule has 0 aromatic rings. The lowest BCUT2D eigenvalue weighted by Gasteiger charge is -2.27. The number of ether oxygens (including phenoxy) is 1. The molecule has 2 fully saturated rings. The van der Waals surface area contributed by atoms with Crippen LogP contribution in [0.3, 0.4) is 0 Å². The summed E-state index contributed by atoms with van der Waals surface area (Å²) in [6.45, 7) is 5.52. The first-order valence-electron chi connectivity index (χ1n) is 6.15. The van der Waals surface area contributed by atoms with Crippen molar-refractivity contribution in [2.45, 2.75) is 45.1 Å². The molecule has 1 heterocycles. The van der Waals surface area contributed by atoms with Crippen molar-refractivity contribution in [2.75, 3.05) is 19.8 Å². The molecule has 0 spiro atoms. The van der Waals surface area contributed by atoms with Crippen LogP contribution in [0.1, 0.15) is 39.0 Å². The summed E-state index contributed by atoms with van der Waals surface area (Å²) in [5.74, 6) is 1.75. The van der Waals surface area contributed by atoms with Crippen molar-refractivity contribution in [2.24, 2.45) is 11.8 Å². The van der Waals surface area contributed by atoms with Crippen LogP contribution < -0.4 is 5.32 Å². The van der Waals surface area contributed by atoms with Crippen LogP contribution in [-0.2, 0) is 4.74 Å². The third kappa shape index (κ3) is 2.96. The number of rotatable bonds is 3. The second kappa shape index (κ2) is 5.13. The molecule has 1 aliphatic carbocycles. The summed E-state index contributed by atoms with van der Waals surface area (Å²) in [6.07, 6.45) is 6.86. The van der Waals surface area contributed by atoms with Gasteiger partial charge in [-0.3, -0.25) is 0 Å². The molecular weight excluding hydrogens is 174 g/mol. The van der Waals surface area contributed by atoms with Crippen molar-refractivity contribution in [1.29, 1.82) is 0 Å². The molecule has 1 atom stereocenters. The van der Waals surface area contributed by atoms with Crippen molar-refractivity contribution < 1.29 is 4.74 Å². The molecular formula is C12H23NO. The normalized spacial score (nSPS) is 38.8. The summed E-state index contributed by atoms with van der Waals surface area (Å²) in [7, 11) is 0. The average molecular weight is 197 g/mol. The van der Waals surface area contributed by atoms with Crippen LogP contribution in [0.15, 0.2) is 0 Å². The minimum absolute atomic E-state index is 0.786. The van der Waals surface area contributed by atoms with E-state index >= 15 is 0 Å². The largest absolute Gasteiger partial charge is 0.381 e. The quantitative estimate of drug-likeness (QED) is 0.749. The summed E-state index contributed by atoms with van der Waals surface area (Å²) in [5.41, 5.74) is 0. The minimum atomic E-state index is 0.786. The molecule has 0 aromatic heterocycles. The highest BCUT2D eigenvalue weighted by atomic mass is 16.5. The Morgan fingerprint density at radius 2 is 1.93 bits per heavy atom. The smallest absolute Gasteiger partial charge is 0.0507 e. The molecule has 0 amide bonds. The molecule has 2 nitrogen and oxygen atoms in total. The Bertz CT molecular complexity index is 158. The molecule has 2 rings (SSSR count). The summed E-state index contributed by atoms with van der Waals surface area (Å²) < 4.78 is 5.37. The Morgan fingerprint density at radius 3 is 2.57 bits per heavy atom. The van der Waals surface area contributed by atoms with Crippen LogP contribution in [0.5, 0.6) is 0 Å². The van der Waals surface area contributed by atoms with Gasteiger partial charge in [0.2, 0.25) is 0 Å². The van der Waals surface area contributed by atoms with Crippen LogP contribution >= 0.6 is 0 Å². The third-order valence-electron chi connectivity index (χ3n) is 3.74. The molecule has 2 heteroatoms. The zero-order valence-corrected chi connectivity index (χ0v) is 9.30. The van der Waals surface area contributed by atoms with Gasteiger partial charge in [0.1, 0.15) is 0 Å². The highest BCUT2D eigenvalue weighted by Gasteiger charge is 2.20. The molecule has 1 aliphatic heterocycles. The maximum absolute atomic E-state index is 5.37. The molecule has 1 saturated carbocycles. The van der Waals surface area contributed by atoms with Crippen LogP contribution in [0, 0.1) is 11.8 Å². The second-order valence-electron chi connectivity index (χ2n) is 5.09. The van der Waals surface area contributed by atoms with Gasteiger partial charge in [-0.05, 0) is 43.9 Å². The summed E-state index contributed by atoms with van der Waals surface area (Å²) in [5, 5.41) is 3.70.